The molecule has 0 aromatic heterocycles. The molecule has 2 N–H and O–H groups in total. The summed E-state index contributed by atoms with van der Waals surface area (Å²) in [6.07, 6.45) is 0. The topological polar surface area (TPSA) is 78.5 Å². The van der Waals surface area contributed by atoms with Crippen LogP contribution in [-0.2, 0) is 15.1 Å². The summed E-state index contributed by atoms with van der Waals surface area (Å²) in [6.45, 7) is 5.43. The van der Waals surface area contributed by atoms with Crippen LogP contribution in [0.5, 0.6) is 0 Å². The van der Waals surface area contributed by atoms with Crippen molar-refractivity contribution in [2.24, 2.45) is 0 Å². The van der Waals surface area contributed by atoms with Gasteiger partial charge in [-0.25, -0.2) is 4.79 Å². The van der Waals surface area contributed by atoms with E-state index >= 15 is 0 Å². The average molecular weight is 400 g/mol. The van der Waals surface area contributed by atoms with Crippen LogP contribution < -0.4 is 10.6 Å². The van der Waals surface area contributed by atoms with E-state index in [1.807, 2.05) is 24.3 Å². The van der Waals surface area contributed by atoms with Crippen molar-refractivity contribution in [1.82, 2.24) is 10.2 Å². The van der Waals surface area contributed by atoms with Crippen molar-refractivity contribution in [2.45, 2.75) is 32.2 Å². The standard InChI is InChI=1S/C21H22ClN3O3/c1-13(2)14-7-9-15(10-8-14)21(3)19(27)25(20(28)24-21)12-18(26)23-17-6-4-5-16(22)11-17/h4-11,13H,12H2,1-3H3,(H,23,26)(H,24,28). The Kier molecular flexibility index (Phi) is 5.42. The maximum absolute atomic E-state index is 12.9. The molecule has 3 rings (SSSR count). The van der Waals surface area contributed by atoms with E-state index < -0.39 is 23.4 Å². The molecule has 0 radical (unpaired) electrons. The van der Waals surface area contributed by atoms with E-state index in [2.05, 4.69) is 24.5 Å². The molecule has 146 valence electrons. The minimum Gasteiger partial charge on any atom is -0.324 e. The monoisotopic (exact) mass is 399 g/mol. The zero-order valence-electron chi connectivity index (χ0n) is 16.0. The molecule has 0 saturated carbocycles. The number of benzene rings is 2. The number of hydrogen-bond donors (Lipinski definition) is 2. The molecule has 1 fully saturated rings. The maximum atomic E-state index is 12.9. The van der Waals surface area contributed by atoms with E-state index in [-0.39, 0.29) is 6.54 Å². The lowest BCUT2D eigenvalue weighted by molar-refractivity contribution is -0.133. The Labute approximate surface area is 168 Å². The predicted molar refractivity (Wildman–Crippen MR) is 108 cm³/mol. The second kappa shape index (κ2) is 7.64. The second-order valence-electron chi connectivity index (χ2n) is 7.28. The third kappa shape index (κ3) is 3.87. The maximum Gasteiger partial charge on any atom is 0.325 e. The van der Waals surface area contributed by atoms with Crippen LogP contribution in [0.4, 0.5) is 10.5 Å². The van der Waals surface area contributed by atoms with Gasteiger partial charge in [0.05, 0.1) is 0 Å². The third-order valence-corrected chi connectivity index (χ3v) is 5.07. The van der Waals surface area contributed by atoms with Gasteiger partial charge in [0.15, 0.2) is 0 Å². The van der Waals surface area contributed by atoms with Crippen LogP contribution in [0.2, 0.25) is 5.02 Å². The fourth-order valence-corrected chi connectivity index (χ4v) is 3.34. The van der Waals surface area contributed by atoms with Gasteiger partial charge in [-0.15, -0.1) is 0 Å². The number of nitrogens with zero attached hydrogens (tertiary/aromatic N) is 1. The fourth-order valence-electron chi connectivity index (χ4n) is 3.15. The first-order valence-corrected chi connectivity index (χ1v) is 9.38. The number of amides is 4. The Morgan fingerprint density at radius 2 is 1.86 bits per heavy atom. The van der Waals surface area contributed by atoms with Crippen molar-refractivity contribution >= 4 is 35.1 Å². The average Bonchev–Trinajstić information content (AvgIpc) is 2.86. The van der Waals surface area contributed by atoms with E-state index in [9.17, 15) is 14.4 Å². The molecule has 2 aromatic carbocycles. The molecule has 1 heterocycles. The number of carbonyl (C=O) groups is 3. The number of rotatable bonds is 5. The second-order valence-corrected chi connectivity index (χ2v) is 7.72. The summed E-state index contributed by atoms with van der Waals surface area (Å²) in [5.74, 6) is -0.580. The van der Waals surface area contributed by atoms with Gasteiger partial charge in [0.2, 0.25) is 5.91 Å². The van der Waals surface area contributed by atoms with Gasteiger partial charge in [0, 0.05) is 10.7 Å². The number of urea groups is 1. The van der Waals surface area contributed by atoms with Gasteiger partial charge in [0.1, 0.15) is 12.1 Å². The number of nitrogens with one attached hydrogen (secondary N) is 2. The molecule has 28 heavy (non-hydrogen) atoms. The van der Waals surface area contributed by atoms with Gasteiger partial charge in [-0.05, 0) is 42.2 Å². The third-order valence-electron chi connectivity index (χ3n) is 4.84. The van der Waals surface area contributed by atoms with Crippen LogP contribution in [0.1, 0.15) is 37.8 Å². The first-order chi connectivity index (χ1) is 13.2. The van der Waals surface area contributed by atoms with Crippen LogP contribution in [0.3, 0.4) is 0 Å². The van der Waals surface area contributed by atoms with E-state index in [1.165, 1.54) is 0 Å². The molecule has 4 amide bonds. The number of carbonyl (C=O) groups excluding carboxylic acids is 3. The van der Waals surface area contributed by atoms with Crippen LogP contribution >= 0.6 is 11.6 Å². The molecule has 2 aromatic rings. The highest BCUT2D eigenvalue weighted by molar-refractivity contribution is 6.30. The molecule has 6 nitrogen and oxygen atoms in total. The van der Waals surface area contributed by atoms with E-state index in [0.717, 1.165) is 10.5 Å². The molecule has 1 atom stereocenters. The highest BCUT2D eigenvalue weighted by Gasteiger charge is 2.49. The largest absolute Gasteiger partial charge is 0.325 e. The van der Waals surface area contributed by atoms with Crippen molar-refractivity contribution in [1.29, 1.82) is 0 Å². The van der Waals surface area contributed by atoms with Crippen LogP contribution in [0.15, 0.2) is 48.5 Å². The van der Waals surface area contributed by atoms with Crippen LogP contribution in [-0.4, -0.2) is 29.3 Å². The Balaban J connectivity index is 1.74. The van der Waals surface area contributed by atoms with Gasteiger partial charge in [0.25, 0.3) is 5.91 Å². The van der Waals surface area contributed by atoms with E-state index in [4.69, 9.17) is 11.6 Å². The van der Waals surface area contributed by atoms with Crippen molar-refractivity contribution in [3.8, 4) is 0 Å². The summed E-state index contributed by atoms with van der Waals surface area (Å²) >= 11 is 5.90. The molecule has 0 aliphatic carbocycles. The van der Waals surface area contributed by atoms with Crippen molar-refractivity contribution in [3.63, 3.8) is 0 Å². The molecule has 7 heteroatoms. The number of hydrogen-bond acceptors (Lipinski definition) is 3. The zero-order valence-corrected chi connectivity index (χ0v) is 16.7. The summed E-state index contributed by atoms with van der Waals surface area (Å²) in [5.41, 5.74) is 1.11. The molecule has 1 saturated heterocycles. The molecule has 1 unspecified atom stereocenters. The number of halogens is 1. The molecule has 0 bridgehead atoms. The lowest BCUT2D eigenvalue weighted by Crippen LogP contribution is -2.42. The predicted octanol–water partition coefficient (Wildman–Crippen LogP) is 3.87. The molecule has 1 aliphatic heterocycles. The van der Waals surface area contributed by atoms with Crippen molar-refractivity contribution in [3.05, 3.63) is 64.7 Å². The fraction of sp³-hybridized carbons (Fsp3) is 0.286. The van der Waals surface area contributed by atoms with Crippen molar-refractivity contribution < 1.29 is 14.4 Å². The molecule has 0 spiro atoms. The van der Waals surface area contributed by atoms with Gasteiger partial charge < -0.3 is 10.6 Å². The summed E-state index contributed by atoms with van der Waals surface area (Å²) in [4.78, 5) is 38.6. The molecular formula is C21H22ClN3O3. The Morgan fingerprint density at radius 3 is 2.46 bits per heavy atom. The highest BCUT2D eigenvalue weighted by Crippen LogP contribution is 2.30. The lowest BCUT2D eigenvalue weighted by Gasteiger charge is -2.22. The van der Waals surface area contributed by atoms with Gasteiger partial charge in [-0.2, -0.15) is 0 Å². The van der Waals surface area contributed by atoms with Crippen molar-refractivity contribution in [2.75, 3.05) is 11.9 Å². The SMILES string of the molecule is CC(C)c1ccc(C2(C)NC(=O)N(CC(=O)Nc3cccc(Cl)c3)C2=O)cc1. The van der Waals surface area contributed by atoms with Gasteiger partial charge >= 0.3 is 6.03 Å². The lowest BCUT2D eigenvalue weighted by atomic mass is 9.90. The summed E-state index contributed by atoms with van der Waals surface area (Å²) in [5, 5.41) is 5.83. The quantitative estimate of drug-likeness (QED) is 0.749. The normalized spacial score (nSPS) is 19.1. The van der Waals surface area contributed by atoms with Gasteiger partial charge in [-0.3, -0.25) is 14.5 Å². The van der Waals surface area contributed by atoms with E-state index in [1.54, 1.807) is 31.2 Å². The summed E-state index contributed by atoms with van der Waals surface area (Å²) in [7, 11) is 0. The summed E-state index contributed by atoms with van der Waals surface area (Å²) < 4.78 is 0. The minimum absolute atomic E-state index is 0.363. The number of anilines is 1. The minimum atomic E-state index is -1.21. The highest BCUT2D eigenvalue weighted by atomic mass is 35.5. The first kappa shape index (κ1) is 19.9. The smallest absolute Gasteiger partial charge is 0.324 e. The van der Waals surface area contributed by atoms with Crippen LogP contribution in [0.25, 0.3) is 0 Å². The zero-order chi connectivity index (χ0) is 20.5. The van der Waals surface area contributed by atoms with E-state index in [0.29, 0.717) is 22.2 Å². The summed E-state index contributed by atoms with van der Waals surface area (Å²) in [6, 6.07) is 13.6. The van der Waals surface area contributed by atoms with Gasteiger partial charge in [-0.1, -0.05) is 55.8 Å². The molecule has 1 aliphatic rings. The first-order valence-electron chi connectivity index (χ1n) is 9.00. The van der Waals surface area contributed by atoms with Crippen LogP contribution in [0, 0.1) is 0 Å². The molecular weight excluding hydrogens is 378 g/mol. The number of imide groups is 1. The Bertz CT molecular complexity index is 927. The Morgan fingerprint density at radius 1 is 1.18 bits per heavy atom. The Hall–Kier alpha value is -2.86.